The normalized spacial score (nSPS) is 19.3. The van der Waals surface area contributed by atoms with Gasteiger partial charge in [-0.15, -0.1) is 0 Å². The van der Waals surface area contributed by atoms with Crippen molar-refractivity contribution in [1.82, 2.24) is 15.6 Å². The molecule has 1 aromatic heterocycles. The number of rotatable bonds is 6. The van der Waals surface area contributed by atoms with Crippen LogP contribution < -0.4 is 10.6 Å². The van der Waals surface area contributed by atoms with Crippen molar-refractivity contribution in [3.63, 3.8) is 0 Å². The van der Waals surface area contributed by atoms with Crippen LogP contribution in [-0.2, 0) is 14.6 Å². The van der Waals surface area contributed by atoms with Crippen LogP contribution in [0.5, 0.6) is 0 Å². The Hall–Kier alpha value is -2.16. The molecule has 2 rings (SSSR count). The summed E-state index contributed by atoms with van der Waals surface area (Å²) in [7, 11) is -3.03. The van der Waals surface area contributed by atoms with E-state index in [4.69, 9.17) is 0 Å². The molecule has 8 nitrogen and oxygen atoms in total. The lowest BCUT2D eigenvalue weighted by Gasteiger charge is -2.10. The molecular formula is C14H19N3O5S. The molecule has 1 saturated heterocycles. The molecule has 2 heterocycles. The number of hydrogen-bond acceptors (Lipinski definition) is 5. The smallest absolute Gasteiger partial charge is 0.267 e. The van der Waals surface area contributed by atoms with Gasteiger partial charge in [-0.05, 0) is 19.4 Å². The van der Waals surface area contributed by atoms with E-state index in [-0.39, 0.29) is 47.9 Å². The molecule has 0 aliphatic carbocycles. The van der Waals surface area contributed by atoms with Gasteiger partial charge in [0.05, 0.1) is 11.5 Å². The zero-order chi connectivity index (χ0) is 17.0. The Labute approximate surface area is 133 Å². The van der Waals surface area contributed by atoms with Crippen molar-refractivity contribution < 1.29 is 22.8 Å². The molecular weight excluding hydrogens is 322 g/mol. The zero-order valence-corrected chi connectivity index (χ0v) is 13.5. The van der Waals surface area contributed by atoms with Crippen LogP contribution in [0.3, 0.4) is 0 Å². The first kappa shape index (κ1) is 17.2. The molecule has 1 aromatic rings. The summed E-state index contributed by atoms with van der Waals surface area (Å²) in [5, 5.41) is 5.21. The first-order valence-electron chi connectivity index (χ1n) is 7.24. The molecule has 1 atom stereocenters. The fraction of sp³-hybridized carbons (Fsp3) is 0.500. The molecule has 0 radical (unpaired) electrons. The summed E-state index contributed by atoms with van der Waals surface area (Å²) in [5.41, 5.74) is 0.660. The van der Waals surface area contributed by atoms with Gasteiger partial charge in [0.2, 0.25) is 5.91 Å². The Morgan fingerprint density at radius 3 is 2.65 bits per heavy atom. The highest BCUT2D eigenvalue weighted by Crippen LogP contribution is 2.11. The average Bonchev–Trinajstić information content (AvgIpc) is 3.05. The monoisotopic (exact) mass is 341 g/mol. The van der Waals surface area contributed by atoms with E-state index >= 15 is 0 Å². The minimum absolute atomic E-state index is 0.0264. The maximum Gasteiger partial charge on any atom is 0.267 e. The predicted octanol–water partition coefficient (Wildman–Crippen LogP) is -0.359. The van der Waals surface area contributed by atoms with Crippen LogP contribution in [0, 0.1) is 0 Å². The second kappa shape index (κ2) is 6.95. The number of Topliss-reactive ketones (excluding diaryl/α,β-unsaturated/α-hetero) is 1. The lowest BCUT2D eigenvalue weighted by molar-refractivity contribution is -0.121. The van der Waals surface area contributed by atoms with Gasteiger partial charge in [-0.25, -0.2) is 8.42 Å². The van der Waals surface area contributed by atoms with Gasteiger partial charge >= 0.3 is 0 Å². The van der Waals surface area contributed by atoms with Crippen molar-refractivity contribution in [2.75, 3.05) is 18.1 Å². The molecule has 1 fully saturated rings. The van der Waals surface area contributed by atoms with Crippen molar-refractivity contribution >= 4 is 27.4 Å². The summed E-state index contributed by atoms with van der Waals surface area (Å²) < 4.78 is 22.6. The van der Waals surface area contributed by atoms with Gasteiger partial charge in [-0.2, -0.15) is 0 Å². The number of H-pyrrole nitrogens is 1. The highest BCUT2D eigenvalue weighted by atomic mass is 32.2. The molecule has 9 heteroatoms. The topological polar surface area (TPSA) is 125 Å². The number of hydrogen-bond donors (Lipinski definition) is 3. The number of amides is 2. The maximum absolute atomic E-state index is 11.8. The van der Waals surface area contributed by atoms with Gasteiger partial charge in [0.1, 0.15) is 5.69 Å². The SMILES string of the molecule is CC(=O)c1c[nH]c(C(=O)NCCC(=O)N[C@H]2CCS(=O)(=O)C2)c1. The van der Waals surface area contributed by atoms with Crippen LogP contribution in [0.2, 0.25) is 0 Å². The molecule has 0 spiro atoms. The number of aromatic amines is 1. The van der Waals surface area contributed by atoms with Crippen molar-refractivity contribution in [3.05, 3.63) is 23.5 Å². The van der Waals surface area contributed by atoms with Crippen molar-refractivity contribution in [2.45, 2.75) is 25.8 Å². The lowest BCUT2D eigenvalue weighted by atomic mass is 10.2. The van der Waals surface area contributed by atoms with E-state index in [0.29, 0.717) is 12.0 Å². The summed E-state index contributed by atoms with van der Waals surface area (Å²) >= 11 is 0. The largest absolute Gasteiger partial charge is 0.356 e. The zero-order valence-electron chi connectivity index (χ0n) is 12.7. The lowest BCUT2D eigenvalue weighted by Crippen LogP contribution is -2.37. The first-order chi connectivity index (χ1) is 10.8. The number of carbonyl (C=O) groups is 3. The van der Waals surface area contributed by atoms with Crippen molar-refractivity contribution in [1.29, 1.82) is 0 Å². The van der Waals surface area contributed by atoms with Gasteiger partial charge in [0, 0.05) is 30.8 Å². The standard InChI is InChI=1S/C14H19N3O5S/c1-9(18)10-6-12(16-7-10)14(20)15-4-2-13(19)17-11-3-5-23(21,22)8-11/h6-7,11,16H,2-5,8H2,1H3,(H,15,20)(H,17,19)/t11-/m0/s1. The van der Waals surface area contributed by atoms with E-state index in [0.717, 1.165) is 0 Å². The Morgan fingerprint density at radius 1 is 1.35 bits per heavy atom. The van der Waals surface area contributed by atoms with Crippen LogP contribution in [-0.4, -0.2) is 55.1 Å². The third-order valence-corrected chi connectivity index (χ3v) is 5.34. The third kappa shape index (κ3) is 4.92. The fourth-order valence-corrected chi connectivity index (χ4v) is 4.00. The van der Waals surface area contributed by atoms with Crippen LogP contribution >= 0.6 is 0 Å². The molecule has 0 bridgehead atoms. The summed E-state index contributed by atoms with van der Waals surface area (Å²) in [6.07, 6.45) is 1.93. The number of aromatic nitrogens is 1. The molecule has 1 aliphatic rings. The van der Waals surface area contributed by atoms with Gasteiger partial charge in [0.25, 0.3) is 5.91 Å². The Balaban J connectivity index is 1.72. The molecule has 1 aliphatic heterocycles. The van der Waals surface area contributed by atoms with Crippen molar-refractivity contribution in [3.8, 4) is 0 Å². The van der Waals surface area contributed by atoms with E-state index in [1.807, 2.05) is 0 Å². The number of nitrogens with one attached hydrogen (secondary N) is 3. The Kier molecular flexibility index (Phi) is 5.19. The molecule has 23 heavy (non-hydrogen) atoms. The van der Waals surface area contributed by atoms with E-state index in [2.05, 4.69) is 15.6 Å². The van der Waals surface area contributed by atoms with Gasteiger partial charge in [0.15, 0.2) is 15.6 Å². The molecule has 126 valence electrons. The van der Waals surface area contributed by atoms with E-state index in [9.17, 15) is 22.8 Å². The number of ketones is 1. The molecule has 0 unspecified atom stereocenters. The van der Waals surface area contributed by atoms with Crippen LogP contribution in [0.15, 0.2) is 12.3 Å². The minimum Gasteiger partial charge on any atom is -0.356 e. The molecule has 0 saturated carbocycles. The quantitative estimate of drug-likeness (QED) is 0.609. The molecule has 2 amide bonds. The second-order valence-corrected chi connectivity index (χ2v) is 7.76. The number of sulfone groups is 1. The second-order valence-electron chi connectivity index (χ2n) is 5.53. The first-order valence-corrected chi connectivity index (χ1v) is 9.06. The summed E-state index contributed by atoms with van der Waals surface area (Å²) in [5.74, 6) is -0.787. The number of carbonyl (C=O) groups excluding carboxylic acids is 3. The van der Waals surface area contributed by atoms with E-state index < -0.39 is 15.7 Å². The maximum atomic E-state index is 11.8. The molecule has 0 aromatic carbocycles. The third-order valence-electron chi connectivity index (χ3n) is 3.57. The van der Waals surface area contributed by atoms with Crippen molar-refractivity contribution in [2.24, 2.45) is 0 Å². The average molecular weight is 341 g/mol. The Morgan fingerprint density at radius 2 is 2.09 bits per heavy atom. The summed E-state index contributed by atoms with van der Waals surface area (Å²) in [6, 6.07) is 1.10. The van der Waals surface area contributed by atoms with Crippen LogP contribution in [0.1, 0.15) is 40.6 Å². The molecule has 3 N–H and O–H groups in total. The highest BCUT2D eigenvalue weighted by molar-refractivity contribution is 7.91. The van der Waals surface area contributed by atoms with Crippen LogP contribution in [0.4, 0.5) is 0 Å². The minimum atomic E-state index is -3.03. The highest BCUT2D eigenvalue weighted by Gasteiger charge is 2.28. The Bertz CT molecular complexity index is 723. The van der Waals surface area contributed by atoms with Gasteiger partial charge in [-0.1, -0.05) is 0 Å². The van der Waals surface area contributed by atoms with E-state index in [1.165, 1.54) is 19.2 Å². The predicted molar refractivity (Wildman–Crippen MR) is 82.9 cm³/mol. The fourth-order valence-electron chi connectivity index (χ4n) is 2.32. The van der Waals surface area contributed by atoms with Gasteiger partial charge in [-0.3, -0.25) is 14.4 Å². The summed E-state index contributed by atoms with van der Waals surface area (Å²) in [4.78, 5) is 37.4. The van der Waals surface area contributed by atoms with Crippen LogP contribution in [0.25, 0.3) is 0 Å². The van der Waals surface area contributed by atoms with Gasteiger partial charge < -0.3 is 15.6 Å². The summed E-state index contributed by atoms with van der Waals surface area (Å²) in [6.45, 7) is 1.52. The van der Waals surface area contributed by atoms with E-state index in [1.54, 1.807) is 0 Å².